The van der Waals surface area contributed by atoms with E-state index in [1.807, 2.05) is 30.3 Å². The molecule has 0 atom stereocenters. The van der Waals surface area contributed by atoms with Crippen LogP contribution in [0, 0.1) is 0 Å². The lowest BCUT2D eigenvalue weighted by molar-refractivity contribution is -0.0286. The van der Waals surface area contributed by atoms with Crippen LogP contribution in [0.15, 0.2) is 30.3 Å². The van der Waals surface area contributed by atoms with E-state index < -0.39 is 10.1 Å². The van der Waals surface area contributed by atoms with Crippen LogP contribution in [0.4, 0.5) is 0 Å². The van der Waals surface area contributed by atoms with Crippen LogP contribution in [0.3, 0.4) is 0 Å². The van der Waals surface area contributed by atoms with Gasteiger partial charge in [0.25, 0.3) is 10.1 Å². The summed E-state index contributed by atoms with van der Waals surface area (Å²) < 4.78 is 91.4. The van der Waals surface area contributed by atoms with Crippen LogP contribution in [0.25, 0.3) is 0 Å². The van der Waals surface area contributed by atoms with E-state index in [4.69, 9.17) is 56.8 Å². The molecule has 1 rings (SSSR count). The van der Waals surface area contributed by atoms with Crippen molar-refractivity contribution < 1.29 is 69.4 Å². The molecule has 0 aromatic heterocycles. The third kappa shape index (κ3) is 35.9. The number of rotatable bonds is 39. The van der Waals surface area contributed by atoms with Crippen LogP contribution in [-0.4, -0.2) is 173 Å². The molecule has 0 aliphatic heterocycles. The summed E-state index contributed by atoms with van der Waals surface area (Å²) in [6.45, 7) is 11.4. The highest BCUT2D eigenvalue weighted by Crippen LogP contribution is 2.00. The van der Waals surface area contributed by atoms with E-state index >= 15 is 0 Å². The average molecular weight is 715 g/mol. The van der Waals surface area contributed by atoms with Crippen LogP contribution in [-0.2, 0) is 77.8 Å². The molecule has 0 radical (unpaired) electrons. The molecule has 48 heavy (non-hydrogen) atoms. The Bertz CT molecular complexity index is 880. The minimum Gasteiger partial charge on any atom is -0.377 e. The molecule has 0 spiro atoms. The SMILES string of the molecule is CS(=O)(=O)OCCOCCOCCOCCOCCOCCOCCOCCOCCOCCOCCOCCOCc1ccccc1. The molecule has 16 heteroatoms. The van der Waals surface area contributed by atoms with Crippen LogP contribution in [0.5, 0.6) is 0 Å². The average Bonchev–Trinajstić information content (AvgIpc) is 3.07. The summed E-state index contributed by atoms with van der Waals surface area (Å²) in [7, 11) is -3.42. The Morgan fingerprint density at radius 1 is 0.354 bits per heavy atom. The first-order chi connectivity index (χ1) is 23.6. The van der Waals surface area contributed by atoms with Crippen molar-refractivity contribution in [2.75, 3.05) is 165 Å². The minimum atomic E-state index is -3.42. The van der Waals surface area contributed by atoms with Gasteiger partial charge < -0.3 is 56.8 Å². The van der Waals surface area contributed by atoms with Gasteiger partial charge in [-0.25, -0.2) is 0 Å². The van der Waals surface area contributed by atoms with Gasteiger partial charge in [-0.15, -0.1) is 0 Å². The first-order valence-electron chi connectivity index (χ1n) is 16.4. The molecule has 282 valence electrons. The van der Waals surface area contributed by atoms with E-state index in [9.17, 15) is 8.42 Å². The fourth-order valence-corrected chi connectivity index (χ4v) is 3.80. The zero-order valence-corrected chi connectivity index (χ0v) is 29.4. The molecule has 0 heterocycles. The van der Waals surface area contributed by atoms with Gasteiger partial charge in [-0.3, -0.25) is 4.18 Å². The Balaban J connectivity index is 1.62. The summed E-state index contributed by atoms with van der Waals surface area (Å²) in [4.78, 5) is 0. The molecular weight excluding hydrogens is 656 g/mol. The zero-order valence-electron chi connectivity index (χ0n) is 28.6. The van der Waals surface area contributed by atoms with Crippen LogP contribution < -0.4 is 0 Å². The Morgan fingerprint density at radius 3 is 0.833 bits per heavy atom. The van der Waals surface area contributed by atoms with E-state index in [1.54, 1.807) is 0 Å². The molecular formula is C32H58O15S. The summed E-state index contributed by atoms with van der Waals surface area (Å²) in [6.07, 6.45) is 0.996. The monoisotopic (exact) mass is 714 g/mol. The van der Waals surface area contributed by atoms with E-state index in [0.29, 0.717) is 152 Å². The molecule has 0 N–H and O–H groups in total. The maximum absolute atomic E-state index is 10.8. The van der Waals surface area contributed by atoms with Crippen molar-refractivity contribution >= 4 is 10.1 Å². The summed E-state index contributed by atoms with van der Waals surface area (Å²) in [5, 5.41) is 0. The van der Waals surface area contributed by atoms with Crippen molar-refractivity contribution in [1.29, 1.82) is 0 Å². The topological polar surface area (TPSA) is 154 Å². The normalized spacial score (nSPS) is 11.9. The fraction of sp³-hybridized carbons (Fsp3) is 0.812. The van der Waals surface area contributed by atoms with Crippen molar-refractivity contribution in [3.05, 3.63) is 35.9 Å². The second-order valence-electron chi connectivity index (χ2n) is 9.80. The lowest BCUT2D eigenvalue weighted by Gasteiger charge is -2.09. The smallest absolute Gasteiger partial charge is 0.264 e. The number of hydrogen-bond donors (Lipinski definition) is 0. The van der Waals surface area contributed by atoms with Crippen molar-refractivity contribution in [3.63, 3.8) is 0 Å². The molecule has 0 aliphatic carbocycles. The molecule has 0 fully saturated rings. The third-order valence-electron chi connectivity index (χ3n) is 5.73. The van der Waals surface area contributed by atoms with Gasteiger partial charge in [0.15, 0.2) is 0 Å². The van der Waals surface area contributed by atoms with E-state index in [-0.39, 0.29) is 13.2 Å². The van der Waals surface area contributed by atoms with Crippen molar-refractivity contribution in [1.82, 2.24) is 0 Å². The number of hydrogen-bond acceptors (Lipinski definition) is 15. The minimum absolute atomic E-state index is 0.00340. The second kappa shape index (κ2) is 35.5. The first kappa shape index (κ1) is 44.7. The van der Waals surface area contributed by atoms with Gasteiger partial charge in [0.2, 0.25) is 0 Å². The molecule has 0 bridgehead atoms. The van der Waals surface area contributed by atoms with Crippen LogP contribution >= 0.6 is 0 Å². The highest BCUT2D eigenvalue weighted by Gasteiger charge is 2.01. The van der Waals surface area contributed by atoms with Gasteiger partial charge in [0, 0.05) is 0 Å². The van der Waals surface area contributed by atoms with Gasteiger partial charge in [-0.05, 0) is 5.56 Å². The molecule has 15 nitrogen and oxygen atoms in total. The maximum Gasteiger partial charge on any atom is 0.264 e. The Labute approximate surface area is 286 Å². The summed E-state index contributed by atoms with van der Waals surface area (Å²) in [5.74, 6) is 0. The lowest BCUT2D eigenvalue weighted by Crippen LogP contribution is -2.15. The highest BCUT2D eigenvalue weighted by atomic mass is 32.2. The number of ether oxygens (including phenoxy) is 12. The Morgan fingerprint density at radius 2 is 0.583 bits per heavy atom. The highest BCUT2D eigenvalue weighted by molar-refractivity contribution is 7.85. The van der Waals surface area contributed by atoms with Crippen molar-refractivity contribution in [3.8, 4) is 0 Å². The summed E-state index contributed by atoms with van der Waals surface area (Å²) >= 11 is 0. The molecule has 0 saturated heterocycles. The second-order valence-corrected chi connectivity index (χ2v) is 11.4. The van der Waals surface area contributed by atoms with Gasteiger partial charge in [0.05, 0.1) is 171 Å². The van der Waals surface area contributed by atoms with Gasteiger partial charge in [-0.2, -0.15) is 8.42 Å². The first-order valence-corrected chi connectivity index (χ1v) is 18.2. The van der Waals surface area contributed by atoms with Gasteiger partial charge in [0.1, 0.15) is 0 Å². The largest absolute Gasteiger partial charge is 0.377 e. The quantitative estimate of drug-likeness (QED) is 0.0712. The van der Waals surface area contributed by atoms with Crippen molar-refractivity contribution in [2.45, 2.75) is 6.61 Å². The lowest BCUT2D eigenvalue weighted by atomic mass is 10.2. The molecule has 0 amide bonds. The Hall–Kier alpha value is -1.35. The zero-order chi connectivity index (χ0) is 34.5. The van der Waals surface area contributed by atoms with Gasteiger partial charge >= 0.3 is 0 Å². The van der Waals surface area contributed by atoms with E-state index in [2.05, 4.69) is 4.18 Å². The van der Waals surface area contributed by atoms with E-state index in [0.717, 1.165) is 11.8 Å². The predicted molar refractivity (Wildman–Crippen MR) is 176 cm³/mol. The third-order valence-corrected chi connectivity index (χ3v) is 6.32. The summed E-state index contributed by atoms with van der Waals surface area (Å²) in [5.41, 5.74) is 1.15. The maximum atomic E-state index is 10.8. The van der Waals surface area contributed by atoms with Gasteiger partial charge in [-0.1, -0.05) is 30.3 Å². The summed E-state index contributed by atoms with van der Waals surface area (Å²) in [6, 6.07) is 10.1. The predicted octanol–water partition coefficient (Wildman–Crippen LogP) is 1.36. The molecule has 1 aromatic rings. The molecule has 0 aliphatic rings. The Kier molecular flexibility index (Phi) is 33.0. The van der Waals surface area contributed by atoms with Crippen LogP contribution in [0.1, 0.15) is 5.56 Å². The van der Waals surface area contributed by atoms with E-state index in [1.165, 1.54) is 0 Å². The molecule has 0 saturated carbocycles. The molecule has 1 aromatic carbocycles. The number of benzene rings is 1. The standard InChI is InChI=1S/C32H58O15S/c1-48(33,34)47-30-29-45-26-25-43-22-21-41-18-17-39-14-13-37-10-9-35-7-8-36-11-12-38-15-16-40-19-20-42-23-24-44-27-28-46-31-32-5-3-2-4-6-32/h2-6H,7-31H2,1H3. The fourth-order valence-electron chi connectivity index (χ4n) is 3.43. The molecule has 0 unspecified atom stereocenters. The van der Waals surface area contributed by atoms with Crippen LogP contribution in [0.2, 0.25) is 0 Å². The van der Waals surface area contributed by atoms with Crippen molar-refractivity contribution in [2.24, 2.45) is 0 Å².